The Balaban J connectivity index is 1.68. The molecule has 5 heteroatoms. The summed E-state index contributed by atoms with van der Waals surface area (Å²) in [6, 6.07) is 15.8. The van der Waals surface area contributed by atoms with Gasteiger partial charge in [0.1, 0.15) is 0 Å². The number of benzene rings is 1. The van der Waals surface area contributed by atoms with E-state index in [1.165, 1.54) is 16.3 Å². The summed E-state index contributed by atoms with van der Waals surface area (Å²) in [4.78, 5) is 13.7. The van der Waals surface area contributed by atoms with Crippen LogP contribution < -0.4 is 10.2 Å². The normalized spacial score (nSPS) is 12.3. The molecule has 0 fully saturated rings. The van der Waals surface area contributed by atoms with Gasteiger partial charge in [0.05, 0.1) is 26.9 Å². The predicted molar refractivity (Wildman–Crippen MR) is 102 cm³/mol. The maximum atomic E-state index is 12.5. The van der Waals surface area contributed by atoms with Gasteiger partial charge < -0.3 is 19.2 Å². The summed E-state index contributed by atoms with van der Waals surface area (Å²) in [5.41, 5.74) is 4.07. The molecule has 0 aliphatic heterocycles. The van der Waals surface area contributed by atoms with Gasteiger partial charge in [-0.15, -0.1) is 0 Å². The van der Waals surface area contributed by atoms with Crippen LogP contribution in [0.3, 0.4) is 0 Å². The van der Waals surface area contributed by atoms with Crippen molar-refractivity contribution in [2.45, 2.75) is 19.9 Å². The first kappa shape index (κ1) is 18.0. The van der Waals surface area contributed by atoms with Gasteiger partial charge >= 0.3 is 0 Å². The summed E-state index contributed by atoms with van der Waals surface area (Å²) in [5, 5.41) is 3.02. The van der Waals surface area contributed by atoms with Crippen molar-refractivity contribution in [2.75, 3.05) is 20.6 Å². The Morgan fingerprint density at radius 3 is 2.27 bits per heavy atom. The summed E-state index contributed by atoms with van der Waals surface area (Å²) in [6.07, 6.45) is 1.66. The van der Waals surface area contributed by atoms with E-state index in [1.54, 1.807) is 6.26 Å². The Labute approximate surface area is 154 Å². The van der Waals surface area contributed by atoms with E-state index in [0.717, 1.165) is 11.4 Å². The van der Waals surface area contributed by atoms with Crippen LogP contribution in [0.2, 0.25) is 0 Å². The van der Waals surface area contributed by atoms with E-state index in [1.807, 2.05) is 36.4 Å². The second-order valence-corrected chi connectivity index (χ2v) is 6.85. The first-order valence-corrected chi connectivity index (χ1v) is 8.84. The van der Waals surface area contributed by atoms with Gasteiger partial charge in [0.15, 0.2) is 11.8 Å². The molecule has 0 radical (unpaired) electrons. The van der Waals surface area contributed by atoms with Crippen molar-refractivity contribution in [3.8, 4) is 5.69 Å². The van der Waals surface area contributed by atoms with E-state index in [4.69, 9.17) is 4.42 Å². The molecule has 0 spiro atoms. The summed E-state index contributed by atoms with van der Waals surface area (Å²) in [6.45, 7) is 4.67. The van der Waals surface area contributed by atoms with E-state index in [0.29, 0.717) is 12.1 Å². The zero-order valence-electron chi connectivity index (χ0n) is 15.7. The van der Waals surface area contributed by atoms with Crippen LogP contribution in [0.5, 0.6) is 0 Å². The van der Waals surface area contributed by atoms with Gasteiger partial charge in [0.25, 0.3) is 5.91 Å². The molecule has 5 nitrogen and oxygen atoms in total. The highest BCUT2D eigenvalue weighted by molar-refractivity contribution is 5.94. The van der Waals surface area contributed by atoms with Gasteiger partial charge in [-0.1, -0.05) is 0 Å². The topological polar surface area (TPSA) is 51.6 Å². The molecule has 1 atom stereocenters. The van der Waals surface area contributed by atoms with E-state index in [-0.39, 0.29) is 11.9 Å². The lowest BCUT2D eigenvalue weighted by Crippen LogP contribution is -3.07. The number of nitrogens with zero attached hydrogens (tertiary/aromatic N) is 1. The number of aromatic nitrogens is 1. The summed E-state index contributed by atoms with van der Waals surface area (Å²) < 4.78 is 7.67. The number of carbonyl (C=O) groups is 1. The Kier molecular flexibility index (Phi) is 5.28. The average molecular weight is 352 g/mol. The van der Waals surface area contributed by atoms with E-state index in [9.17, 15) is 4.79 Å². The van der Waals surface area contributed by atoms with Crippen LogP contribution in [0.25, 0.3) is 5.69 Å². The fourth-order valence-corrected chi connectivity index (χ4v) is 3.21. The molecular formula is C21H26N3O2+. The molecule has 0 bridgehead atoms. The number of likely N-dealkylation sites (N-methyl/N-ethyl adjacent to an activating group) is 1. The van der Waals surface area contributed by atoms with Crippen LogP contribution in [-0.2, 0) is 0 Å². The lowest BCUT2D eigenvalue weighted by molar-refractivity contribution is -0.891. The standard InChI is InChI=1S/C21H25N3O2/c1-15-7-8-16(2)24(15)18-11-9-17(10-12-18)21(25)22-14-19(23(3)4)20-6-5-13-26-20/h5-13,19H,14H2,1-4H3,(H,22,25)/p+1/t19-/m0/s1. The highest BCUT2D eigenvalue weighted by Crippen LogP contribution is 2.17. The van der Waals surface area contributed by atoms with Crippen LogP contribution in [0.15, 0.2) is 59.2 Å². The molecule has 0 aliphatic rings. The Morgan fingerprint density at radius 1 is 1.08 bits per heavy atom. The number of amides is 1. The minimum Gasteiger partial charge on any atom is -0.463 e. The Hall–Kier alpha value is -2.79. The SMILES string of the molecule is Cc1ccc(C)n1-c1ccc(C(=O)NC[C@@H](c2ccco2)[NH+](C)C)cc1. The largest absolute Gasteiger partial charge is 0.463 e. The van der Waals surface area contributed by atoms with E-state index < -0.39 is 0 Å². The molecule has 2 N–H and O–H groups in total. The third-order valence-corrected chi connectivity index (χ3v) is 4.71. The number of rotatable bonds is 6. The van der Waals surface area contributed by atoms with Gasteiger partial charge in [-0.05, 0) is 62.4 Å². The van der Waals surface area contributed by atoms with E-state index in [2.05, 4.69) is 50.0 Å². The molecule has 1 amide bonds. The van der Waals surface area contributed by atoms with Crippen molar-refractivity contribution < 1.29 is 14.1 Å². The van der Waals surface area contributed by atoms with Crippen molar-refractivity contribution in [1.82, 2.24) is 9.88 Å². The second-order valence-electron chi connectivity index (χ2n) is 6.85. The first-order chi connectivity index (χ1) is 12.5. The van der Waals surface area contributed by atoms with Crippen molar-refractivity contribution in [2.24, 2.45) is 0 Å². The van der Waals surface area contributed by atoms with Crippen molar-refractivity contribution in [3.63, 3.8) is 0 Å². The van der Waals surface area contributed by atoms with Gasteiger partial charge in [-0.25, -0.2) is 0 Å². The molecule has 0 aliphatic carbocycles. The highest BCUT2D eigenvalue weighted by Gasteiger charge is 2.21. The highest BCUT2D eigenvalue weighted by atomic mass is 16.3. The molecule has 2 heterocycles. The maximum absolute atomic E-state index is 12.5. The monoisotopic (exact) mass is 352 g/mol. The number of carbonyl (C=O) groups excluding carboxylic acids is 1. The molecule has 26 heavy (non-hydrogen) atoms. The van der Waals surface area contributed by atoms with Gasteiger partial charge in [0, 0.05) is 22.6 Å². The van der Waals surface area contributed by atoms with Crippen LogP contribution >= 0.6 is 0 Å². The molecule has 3 aromatic rings. The number of aryl methyl sites for hydroxylation is 2. The van der Waals surface area contributed by atoms with Crippen LogP contribution in [0, 0.1) is 13.8 Å². The Bertz CT molecular complexity index is 842. The zero-order valence-corrected chi connectivity index (χ0v) is 15.7. The summed E-state index contributed by atoms with van der Waals surface area (Å²) in [7, 11) is 4.10. The van der Waals surface area contributed by atoms with Crippen LogP contribution in [0.4, 0.5) is 0 Å². The average Bonchev–Trinajstić information content (AvgIpc) is 3.25. The van der Waals surface area contributed by atoms with Crippen molar-refractivity contribution in [3.05, 3.63) is 77.5 Å². The summed E-state index contributed by atoms with van der Waals surface area (Å²) >= 11 is 0. The molecule has 0 saturated carbocycles. The quantitative estimate of drug-likeness (QED) is 0.715. The Morgan fingerprint density at radius 2 is 1.73 bits per heavy atom. The lowest BCUT2D eigenvalue weighted by Gasteiger charge is -2.19. The third kappa shape index (κ3) is 3.73. The molecule has 1 aromatic carbocycles. The maximum Gasteiger partial charge on any atom is 0.251 e. The van der Waals surface area contributed by atoms with Crippen molar-refractivity contribution in [1.29, 1.82) is 0 Å². The minimum absolute atomic E-state index is 0.0738. The predicted octanol–water partition coefficient (Wildman–Crippen LogP) is 2.30. The number of furan rings is 1. The first-order valence-electron chi connectivity index (χ1n) is 8.84. The lowest BCUT2D eigenvalue weighted by atomic mass is 10.1. The smallest absolute Gasteiger partial charge is 0.251 e. The molecule has 0 saturated heterocycles. The molecular weight excluding hydrogens is 326 g/mol. The number of nitrogens with one attached hydrogen (secondary N) is 2. The second kappa shape index (κ2) is 7.62. The summed E-state index contributed by atoms with van der Waals surface area (Å²) in [5.74, 6) is 0.800. The van der Waals surface area contributed by atoms with Gasteiger partial charge in [-0.3, -0.25) is 4.79 Å². The molecule has 136 valence electrons. The number of hydrogen-bond acceptors (Lipinski definition) is 2. The number of quaternary nitrogens is 1. The number of hydrogen-bond donors (Lipinski definition) is 2. The van der Waals surface area contributed by atoms with Gasteiger partial charge in [0.2, 0.25) is 0 Å². The fourth-order valence-electron chi connectivity index (χ4n) is 3.21. The van der Waals surface area contributed by atoms with Crippen LogP contribution in [-0.4, -0.2) is 31.1 Å². The third-order valence-electron chi connectivity index (χ3n) is 4.71. The zero-order chi connectivity index (χ0) is 18.7. The van der Waals surface area contributed by atoms with Crippen molar-refractivity contribution >= 4 is 5.91 Å². The molecule has 3 rings (SSSR count). The minimum atomic E-state index is -0.0738. The van der Waals surface area contributed by atoms with Crippen LogP contribution in [0.1, 0.15) is 33.5 Å². The molecule has 2 aromatic heterocycles. The van der Waals surface area contributed by atoms with E-state index >= 15 is 0 Å². The van der Waals surface area contributed by atoms with Gasteiger partial charge in [-0.2, -0.15) is 0 Å². The molecule has 0 unspecified atom stereocenters. The fraction of sp³-hybridized carbons (Fsp3) is 0.286.